The number of pyridine rings is 1. The van der Waals surface area contributed by atoms with Gasteiger partial charge in [0, 0.05) is 35.6 Å². The highest BCUT2D eigenvalue weighted by atomic mass is 16.5. The fourth-order valence-corrected chi connectivity index (χ4v) is 2.48. The highest BCUT2D eigenvalue weighted by Crippen LogP contribution is 2.32. The van der Waals surface area contributed by atoms with E-state index in [0.717, 1.165) is 27.8 Å². The highest BCUT2D eigenvalue weighted by Gasteiger charge is 2.09. The summed E-state index contributed by atoms with van der Waals surface area (Å²) in [5.74, 6) is 1.37. The minimum absolute atomic E-state index is 0.677. The number of ether oxygens (including phenoxy) is 2. The molecule has 0 aliphatic heterocycles. The van der Waals surface area contributed by atoms with Crippen molar-refractivity contribution in [1.82, 2.24) is 4.98 Å². The van der Waals surface area contributed by atoms with Crippen molar-refractivity contribution in [3.63, 3.8) is 0 Å². The molecule has 0 spiro atoms. The summed E-state index contributed by atoms with van der Waals surface area (Å²) in [5, 5.41) is 4.43. The maximum absolute atomic E-state index is 5.71. The van der Waals surface area contributed by atoms with Gasteiger partial charge in [-0.1, -0.05) is 0 Å². The Morgan fingerprint density at radius 3 is 2.39 bits per heavy atom. The fourth-order valence-electron chi connectivity index (χ4n) is 2.48. The van der Waals surface area contributed by atoms with E-state index in [0.29, 0.717) is 18.0 Å². The van der Waals surface area contributed by atoms with Crippen LogP contribution in [0.5, 0.6) is 11.5 Å². The van der Waals surface area contributed by atoms with Crippen LogP contribution in [0.4, 0.5) is 11.4 Å². The number of hydrogen-bond acceptors (Lipinski definition) is 5. The summed E-state index contributed by atoms with van der Waals surface area (Å²) in [6.45, 7) is 0.679. The number of aromatic nitrogens is 1. The van der Waals surface area contributed by atoms with Crippen LogP contribution in [0.15, 0.2) is 48.7 Å². The van der Waals surface area contributed by atoms with Gasteiger partial charge in [0.25, 0.3) is 0 Å². The average Bonchev–Trinajstić information content (AvgIpc) is 2.60. The molecule has 3 rings (SSSR count). The van der Waals surface area contributed by atoms with E-state index in [2.05, 4.69) is 10.3 Å². The molecule has 118 valence electrons. The van der Waals surface area contributed by atoms with Gasteiger partial charge in [0.15, 0.2) is 11.5 Å². The molecular formula is C18H19N3O2. The van der Waals surface area contributed by atoms with E-state index >= 15 is 0 Å². The number of nitrogen functional groups attached to an aromatic ring is 1. The van der Waals surface area contributed by atoms with Crippen molar-refractivity contribution in [2.75, 3.05) is 25.3 Å². The van der Waals surface area contributed by atoms with Crippen molar-refractivity contribution < 1.29 is 9.47 Å². The maximum atomic E-state index is 5.71. The third-order valence-corrected chi connectivity index (χ3v) is 3.73. The predicted octanol–water partition coefficient (Wildman–Crippen LogP) is 3.45. The van der Waals surface area contributed by atoms with Crippen LogP contribution in [0.25, 0.3) is 10.9 Å². The molecule has 3 N–H and O–H groups in total. The van der Waals surface area contributed by atoms with Crippen molar-refractivity contribution in [3.8, 4) is 11.5 Å². The van der Waals surface area contributed by atoms with Crippen molar-refractivity contribution in [2.24, 2.45) is 0 Å². The van der Waals surface area contributed by atoms with Gasteiger partial charge in [-0.05, 0) is 42.0 Å². The van der Waals surface area contributed by atoms with Crippen molar-refractivity contribution in [2.45, 2.75) is 6.54 Å². The largest absolute Gasteiger partial charge is 0.493 e. The molecule has 0 amide bonds. The molecule has 5 heteroatoms. The predicted molar refractivity (Wildman–Crippen MR) is 93.0 cm³/mol. The molecule has 2 aromatic carbocycles. The molecule has 0 unspecified atom stereocenters. The van der Waals surface area contributed by atoms with Crippen LogP contribution < -0.4 is 20.5 Å². The zero-order valence-electron chi connectivity index (χ0n) is 13.2. The summed E-state index contributed by atoms with van der Waals surface area (Å²) in [6.07, 6.45) is 1.80. The lowest BCUT2D eigenvalue weighted by atomic mass is 10.1. The lowest BCUT2D eigenvalue weighted by Gasteiger charge is -2.12. The standard InChI is InChI=1S/C18H19N3O2/c1-22-17-9-15-12(7-8-20-16(15)10-18(17)23-2)11-21-14-5-3-13(19)4-6-14/h3-10,21H,11,19H2,1-2H3. The van der Waals surface area contributed by atoms with Crippen LogP contribution in [-0.2, 0) is 6.54 Å². The Morgan fingerprint density at radius 2 is 1.70 bits per heavy atom. The highest BCUT2D eigenvalue weighted by molar-refractivity contribution is 5.85. The zero-order valence-corrected chi connectivity index (χ0v) is 13.2. The number of nitrogens with zero attached hydrogens (tertiary/aromatic N) is 1. The molecule has 1 aromatic heterocycles. The molecule has 3 aromatic rings. The van der Waals surface area contributed by atoms with E-state index in [1.54, 1.807) is 20.4 Å². The molecule has 0 saturated carbocycles. The SMILES string of the molecule is COc1cc2nccc(CNc3ccc(N)cc3)c2cc1OC. The quantitative estimate of drug-likeness (QED) is 0.707. The van der Waals surface area contributed by atoms with Crippen LogP contribution in [0.3, 0.4) is 0 Å². The lowest BCUT2D eigenvalue weighted by Crippen LogP contribution is -2.01. The number of benzene rings is 2. The Morgan fingerprint density at radius 1 is 1.00 bits per heavy atom. The van der Waals surface area contributed by atoms with E-state index < -0.39 is 0 Å². The number of nitrogens with two attached hydrogens (primary N) is 1. The minimum Gasteiger partial charge on any atom is -0.493 e. The number of hydrogen-bond donors (Lipinski definition) is 2. The van der Waals surface area contributed by atoms with Crippen molar-refractivity contribution in [1.29, 1.82) is 0 Å². The van der Waals surface area contributed by atoms with Crippen molar-refractivity contribution in [3.05, 3.63) is 54.2 Å². The molecule has 0 bridgehead atoms. The second-order valence-corrected chi connectivity index (χ2v) is 5.17. The first-order valence-corrected chi connectivity index (χ1v) is 7.30. The maximum Gasteiger partial charge on any atom is 0.162 e. The zero-order chi connectivity index (χ0) is 16.2. The third-order valence-electron chi connectivity index (χ3n) is 3.73. The lowest BCUT2D eigenvalue weighted by molar-refractivity contribution is 0.356. The second-order valence-electron chi connectivity index (χ2n) is 5.17. The molecule has 0 fully saturated rings. The molecule has 23 heavy (non-hydrogen) atoms. The van der Waals surface area contributed by atoms with E-state index in [-0.39, 0.29) is 0 Å². The molecular weight excluding hydrogens is 290 g/mol. The van der Waals surface area contributed by atoms with Crippen LogP contribution in [0.1, 0.15) is 5.56 Å². The van der Waals surface area contributed by atoms with E-state index in [4.69, 9.17) is 15.2 Å². The average molecular weight is 309 g/mol. The van der Waals surface area contributed by atoms with Gasteiger partial charge in [0.2, 0.25) is 0 Å². The molecule has 0 atom stereocenters. The second kappa shape index (κ2) is 6.44. The summed E-state index contributed by atoms with van der Waals surface area (Å²) in [5.41, 5.74) is 9.48. The van der Waals surface area contributed by atoms with E-state index in [1.165, 1.54) is 0 Å². The van der Waals surface area contributed by atoms with E-state index in [9.17, 15) is 0 Å². The summed E-state index contributed by atoms with van der Waals surface area (Å²) in [4.78, 5) is 4.41. The Kier molecular flexibility index (Phi) is 4.19. The van der Waals surface area contributed by atoms with Gasteiger partial charge in [-0.3, -0.25) is 4.98 Å². The van der Waals surface area contributed by atoms with Gasteiger partial charge in [0.05, 0.1) is 19.7 Å². The Labute approximate surface area is 135 Å². The molecule has 0 saturated heterocycles. The van der Waals surface area contributed by atoms with Gasteiger partial charge >= 0.3 is 0 Å². The van der Waals surface area contributed by atoms with Crippen LogP contribution in [-0.4, -0.2) is 19.2 Å². The number of methoxy groups -OCH3 is 2. The smallest absolute Gasteiger partial charge is 0.162 e. The Hall–Kier alpha value is -2.95. The van der Waals surface area contributed by atoms with Crippen molar-refractivity contribution >= 4 is 22.3 Å². The van der Waals surface area contributed by atoms with Gasteiger partial charge in [-0.25, -0.2) is 0 Å². The first kappa shape index (κ1) is 15.0. The number of rotatable bonds is 5. The molecule has 5 nitrogen and oxygen atoms in total. The summed E-state index contributed by atoms with van der Waals surface area (Å²) < 4.78 is 10.7. The van der Waals surface area contributed by atoms with Crippen LogP contribution in [0, 0.1) is 0 Å². The van der Waals surface area contributed by atoms with Gasteiger partial charge in [-0.2, -0.15) is 0 Å². The Bertz CT molecular complexity index is 816. The molecule has 1 heterocycles. The first-order chi connectivity index (χ1) is 11.2. The first-order valence-electron chi connectivity index (χ1n) is 7.30. The van der Waals surface area contributed by atoms with Crippen LogP contribution in [0.2, 0.25) is 0 Å². The number of anilines is 2. The van der Waals surface area contributed by atoms with Gasteiger partial charge < -0.3 is 20.5 Å². The van der Waals surface area contributed by atoms with Gasteiger partial charge in [-0.15, -0.1) is 0 Å². The summed E-state index contributed by atoms with van der Waals surface area (Å²) in [6, 6.07) is 13.5. The third kappa shape index (κ3) is 3.13. The van der Waals surface area contributed by atoms with Gasteiger partial charge in [0.1, 0.15) is 0 Å². The number of nitrogens with one attached hydrogen (secondary N) is 1. The number of fused-ring (bicyclic) bond motifs is 1. The monoisotopic (exact) mass is 309 g/mol. The van der Waals surface area contributed by atoms with E-state index in [1.807, 2.05) is 42.5 Å². The summed E-state index contributed by atoms with van der Waals surface area (Å²) >= 11 is 0. The Balaban J connectivity index is 1.92. The minimum atomic E-state index is 0.677. The molecule has 0 radical (unpaired) electrons. The fraction of sp³-hybridized carbons (Fsp3) is 0.167. The normalized spacial score (nSPS) is 10.5. The summed E-state index contributed by atoms with van der Waals surface area (Å²) in [7, 11) is 3.25. The topological polar surface area (TPSA) is 69.4 Å². The molecule has 0 aliphatic rings. The van der Waals surface area contributed by atoms with Crippen LogP contribution >= 0.6 is 0 Å². The molecule has 0 aliphatic carbocycles.